The van der Waals surface area contributed by atoms with E-state index in [4.69, 9.17) is 4.74 Å². The number of imide groups is 1. The van der Waals surface area contributed by atoms with Crippen LogP contribution in [-0.4, -0.2) is 48.4 Å². The molecule has 1 aromatic carbocycles. The molecule has 2 saturated heterocycles. The number of hydrogen-bond acceptors (Lipinski definition) is 5. The number of benzene rings is 1. The van der Waals surface area contributed by atoms with Gasteiger partial charge in [0.15, 0.2) is 0 Å². The van der Waals surface area contributed by atoms with E-state index in [1.807, 2.05) is 29.2 Å². The number of piperidine rings is 1. The molecule has 2 aliphatic heterocycles. The summed E-state index contributed by atoms with van der Waals surface area (Å²) in [6.07, 6.45) is 2.68. The highest BCUT2D eigenvalue weighted by atomic mass is 16.5. The number of likely N-dealkylation sites (tertiary alicyclic amines) is 1. The topological polar surface area (TPSA) is 66.9 Å². The van der Waals surface area contributed by atoms with E-state index < -0.39 is 6.04 Å². The van der Waals surface area contributed by atoms with E-state index in [2.05, 4.69) is 6.92 Å². The van der Waals surface area contributed by atoms with Crippen LogP contribution in [0.2, 0.25) is 0 Å². The highest BCUT2D eigenvalue weighted by molar-refractivity contribution is 6.22. The summed E-state index contributed by atoms with van der Waals surface area (Å²) in [7, 11) is 0. The molecule has 0 saturated carbocycles. The van der Waals surface area contributed by atoms with Gasteiger partial charge in [-0.25, -0.2) is 4.90 Å². The molecule has 6 heteroatoms. The number of rotatable bonds is 5. The van der Waals surface area contributed by atoms with Crippen molar-refractivity contribution >= 4 is 23.5 Å². The van der Waals surface area contributed by atoms with E-state index >= 15 is 0 Å². The fourth-order valence-electron chi connectivity index (χ4n) is 3.80. The maximum atomic E-state index is 12.9. The van der Waals surface area contributed by atoms with Gasteiger partial charge in [0, 0.05) is 6.54 Å². The van der Waals surface area contributed by atoms with E-state index in [1.54, 1.807) is 6.92 Å². The lowest BCUT2D eigenvalue weighted by Crippen LogP contribution is -2.48. The van der Waals surface area contributed by atoms with Gasteiger partial charge in [-0.3, -0.25) is 19.3 Å². The number of aryl methyl sites for hydroxylation is 1. The van der Waals surface area contributed by atoms with Crippen molar-refractivity contribution in [2.45, 2.75) is 45.6 Å². The molecule has 2 amide bonds. The molecule has 3 rings (SSSR count). The monoisotopic (exact) mass is 358 g/mol. The summed E-state index contributed by atoms with van der Waals surface area (Å²) in [6.45, 7) is 5.41. The van der Waals surface area contributed by atoms with E-state index in [0.717, 1.165) is 31.4 Å². The number of ether oxygens (including phenoxy) is 1. The van der Waals surface area contributed by atoms with Crippen molar-refractivity contribution in [2.24, 2.45) is 5.92 Å². The van der Waals surface area contributed by atoms with Gasteiger partial charge in [-0.05, 0) is 50.4 Å². The Morgan fingerprint density at radius 1 is 1.19 bits per heavy atom. The minimum absolute atomic E-state index is 0.171. The Balaban J connectivity index is 1.72. The van der Waals surface area contributed by atoms with Crippen molar-refractivity contribution in [1.82, 2.24) is 4.90 Å². The first-order chi connectivity index (χ1) is 12.5. The first kappa shape index (κ1) is 18.6. The van der Waals surface area contributed by atoms with Crippen LogP contribution in [0.1, 0.15) is 38.7 Å². The number of carbonyl (C=O) groups excluding carboxylic acids is 3. The van der Waals surface area contributed by atoms with Crippen LogP contribution in [0.25, 0.3) is 0 Å². The molecule has 0 N–H and O–H groups in total. The lowest BCUT2D eigenvalue weighted by atomic mass is 9.96. The standard InChI is InChI=1S/C20H26N2O4/c1-3-14-7-9-16(10-8-14)22-18(23)12-17(19(22)24)21-11-5-6-15(13-21)20(25)26-4-2/h7-10,15,17H,3-6,11-13H2,1-2H3/t15-,17+/m1/s1. The van der Waals surface area contributed by atoms with Crippen LogP contribution in [0.15, 0.2) is 24.3 Å². The zero-order chi connectivity index (χ0) is 18.7. The molecule has 2 aliphatic rings. The second-order valence-electron chi connectivity index (χ2n) is 6.89. The lowest BCUT2D eigenvalue weighted by Gasteiger charge is -2.34. The van der Waals surface area contributed by atoms with Gasteiger partial charge in [0.25, 0.3) is 5.91 Å². The lowest BCUT2D eigenvalue weighted by molar-refractivity contribution is -0.150. The third-order valence-electron chi connectivity index (χ3n) is 5.24. The number of hydrogen-bond donors (Lipinski definition) is 0. The molecule has 0 unspecified atom stereocenters. The minimum atomic E-state index is -0.481. The van der Waals surface area contributed by atoms with Gasteiger partial charge in [0.2, 0.25) is 5.91 Å². The van der Waals surface area contributed by atoms with Crippen LogP contribution < -0.4 is 4.90 Å². The number of anilines is 1. The summed E-state index contributed by atoms with van der Waals surface area (Å²) >= 11 is 0. The van der Waals surface area contributed by atoms with Crippen LogP contribution in [0.5, 0.6) is 0 Å². The molecular weight excluding hydrogens is 332 g/mol. The Labute approximate surface area is 154 Å². The molecule has 140 valence electrons. The predicted octanol–water partition coefficient (Wildman–Crippen LogP) is 2.16. The largest absolute Gasteiger partial charge is 0.466 e. The van der Waals surface area contributed by atoms with Crippen LogP contribution in [0, 0.1) is 5.92 Å². The molecule has 6 nitrogen and oxygen atoms in total. The first-order valence-corrected chi connectivity index (χ1v) is 9.41. The highest BCUT2D eigenvalue weighted by Crippen LogP contribution is 2.29. The quantitative estimate of drug-likeness (QED) is 0.596. The summed E-state index contributed by atoms with van der Waals surface area (Å²) in [5.74, 6) is -0.795. The number of esters is 1. The highest BCUT2D eigenvalue weighted by Gasteiger charge is 2.44. The van der Waals surface area contributed by atoms with E-state index in [1.165, 1.54) is 4.90 Å². The fourth-order valence-corrected chi connectivity index (χ4v) is 3.80. The van der Waals surface area contributed by atoms with Crippen LogP contribution in [-0.2, 0) is 25.5 Å². The van der Waals surface area contributed by atoms with Gasteiger partial charge in [0.05, 0.1) is 30.7 Å². The van der Waals surface area contributed by atoms with E-state index in [0.29, 0.717) is 18.8 Å². The molecule has 2 atom stereocenters. The number of carbonyl (C=O) groups is 3. The Bertz CT molecular complexity index is 686. The SMILES string of the molecule is CCOC(=O)[C@@H]1CCCN([C@H]2CC(=O)N(c3ccc(CC)cc3)C2=O)C1. The molecule has 1 aromatic rings. The molecule has 0 radical (unpaired) electrons. The van der Waals surface area contributed by atoms with Crippen LogP contribution in [0.4, 0.5) is 5.69 Å². The summed E-state index contributed by atoms with van der Waals surface area (Å²) in [6, 6.07) is 7.07. The Hall–Kier alpha value is -2.21. The van der Waals surface area contributed by atoms with Crippen molar-refractivity contribution in [1.29, 1.82) is 0 Å². The van der Waals surface area contributed by atoms with Gasteiger partial charge in [-0.2, -0.15) is 0 Å². The van der Waals surface area contributed by atoms with Crippen molar-refractivity contribution < 1.29 is 19.1 Å². The van der Waals surface area contributed by atoms with Gasteiger partial charge < -0.3 is 4.74 Å². The second kappa shape index (κ2) is 7.99. The van der Waals surface area contributed by atoms with Crippen LogP contribution in [0.3, 0.4) is 0 Å². The van der Waals surface area contributed by atoms with Gasteiger partial charge >= 0.3 is 5.97 Å². The molecule has 2 fully saturated rings. The summed E-state index contributed by atoms with van der Waals surface area (Å²) in [4.78, 5) is 40.7. The van der Waals surface area contributed by atoms with Crippen LogP contribution >= 0.6 is 0 Å². The third kappa shape index (κ3) is 3.65. The Morgan fingerprint density at radius 3 is 2.58 bits per heavy atom. The molecular formula is C20H26N2O4. The number of amides is 2. The van der Waals surface area contributed by atoms with E-state index in [9.17, 15) is 14.4 Å². The zero-order valence-electron chi connectivity index (χ0n) is 15.4. The van der Waals surface area contributed by atoms with E-state index in [-0.39, 0.29) is 30.1 Å². The Kier molecular flexibility index (Phi) is 5.71. The Morgan fingerprint density at radius 2 is 1.92 bits per heavy atom. The average Bonchev–Trinajstić information content (AvgIpc) is 2.96. The number of nitrogens with zero attached hydrogens (tertiary/aromatic N) is 2. The zero-order valence-corrected chi connectivity index (χ0v) is 15.4. The molecule has 26 heavy (non-hydrogen) atoms. The fraction of sp³-hybridized carbons (Fsp3) is 0.550. The second-order valence-corrected chi connectivity index (χ2v) is 6.89. The molecule has 0 bridgehead atoms. The summed E-state index contributed by atoms with van der Waals surface area (Å²) in [5, 5.41) is 0. The van der Waals surface area contributed by atoms with Gasteiger partial charge in [-0.15, -0.1) is 0 Å². The normalized spacial score (nSPS) is 24.2. The van der Waals surface area contributed by atoms with Crippen molar-refractivity contribution in [3.8, 4) is 0 Å². The maximum absolute atomic E-state index is 12.9. The smallest absolute Gasteiger partial charge is 0.310 e. The summed E-state index contributed by atoms with van der Waals surface area (Å²) in [5.41, 5.74) is 1.79. The van der Waals surface area contributed by atoms with Crippen molar-refractivity contribution in [2.75, 3.05) is 24.6 Å². The molecule has 0 spiro atoms. The van der Waals surface area contributed by atoms with Gasteiger partial charge in [-0.1, -0.05) is 19.1 Å². The van der Waals surface area contributed by atoms with Crippen molar-refractivity contribution in [3.05, 3.63) is 29.8 Å². The van der Waals surface area contributed by atoms with Gasteiger partial charge in [0.1, 0.15) is 0 Å². The third-order valence-corrected chi connectivity index (χ3v) is 5.24. The predicted molar refractivity (Wildman–Crippen MR) is 97.6 cm³/mol. The first-order valence-electron chi connectivity index (χ1n) is 9.41. The minimum Gasteiger partial charge on any atom is -0.466 e. The summed E-state index contributed by atoms with van der Waals surface area (Å²) < 4.78 is 5.12. The van der Waals surface area contributed by atoms with Crippen molar-refractivity contribution in [3.63, 3.8) is 0 Å². The molecule has 2 heterocycles. The average molecular weight is 358 g/mol. The molecule has 0 aromatic heterocycles. The molecule has 0 aliphatic carbocycles. The maximum Gasteiger partial charge on any atom is 0.310 e.